The Morgan fingerprint density at radius 1 is 1.28 bits per heavy atom. The number of ether oxygens (including phenoxy) is 2. The largest absolute Gasteiger partial charge is 0.481 e. The number of fused-ring (bicyclic) bond motifs is 1. The summed E-state index contributed by atoms with van der Waals surface area (Å²) >= 11 is 0. The first-order valence-corrected chi connectivity index (χ1v) is 9.34. The molecule has 1 aromatic rings. The third-order valence-corrected chi connectivity index (χ3v) is 5.31. The van der Waals surface area contributed by atoms with Crippen LogP contribution in [0.1, 0.15) is 12.0 Å². The maximum Gasteiger partial charge on any atom is 0.217 e. The van der Waals surface area contributed by atoms with Gasteiger partial charge in [-0.25, -0.2) is 4.98 Å². The van der Waals surface area contributed by atoms with E-state index >= 15 is 0 Å². The standard InChI is InChI=1S/C19H32N4O2/c1-21(2)9-10-22-11-12-25-18-15-23(8-6-16(18)13-22)14-17-5-4-7-20-19(17)24-3/h4-5,7,16,18H,6,8-15H2,1-3H3/t16-,18-/m0/s1. The van der Waals surface area contributed by atoms with Crippen LogP contribution in [0, 0.1) is 5.92 Å². The highest BCUT2D eigenvalue weighted by atomic mass is 16.5. The first-order chi connectivity index (χ1) is 12.2. The van der Waals surface area contributed by atoms with E-state index in [1.165, 1.54) is 13.0 Å². The number of likely N-dealkylation sites (tertiary alicyclic amines) is 1. The molecule has 25 heavy (non-hydrogen) atoms. The van der Waals surface area contributed by atoms with Crippen LogP contribution in [0.3, 0.4) is 0 Å². The van der Waals surface area contributed by atoms with Crippen molar-refractivity contribution in [2.75, 3.05) is 67.1 Å². The average Bonchev–Trinajstić information content (AvgIpc) is 2.82. The molecule has 2 fully saturated rings. The zero-order valence-corrected chi connectivity index (χ0v) is 15.9. The first-order valence-electron chi connectivity index (χ1n) is 9.34. The lowest BCUT2D eigenvalue weighted by Gasteiger charge is -2.38. The van der Waals surface area contributed by atoms with Crippen LogP contribution >= 0.6 is 0 Å². The molecular formula is C19H32N4O2. The third-order valence-electron chi connectivity index (χ3n) is 5.31. The molecule has 0 radical (unpaired) electrons. The van der Waals surface area contributed by atoms with E-state index in [0.717, 1.165) is 57.3 Å². The molecule has 0 unspecified atom stereocenters. The molecule has 0 aliphatic carbocycles. The van der Waals surface area contributed by atoms with Crippen molar-refractivity contribution in [2.24, 2.45) is 5.92 Å². The highest BCUT2D eigenvalue weighted by Crippen LogP contribution is 2.26. The van der Waals surface area contributed by atoms with Crippen molar-refractivity contribution in [2.45, 2.75) is 19.1 Å². The molecule has 6 heteroatoms. The monoisotopic (exact) mass is 348 g/mol. The van der Waals surface area contributed by atoms with Crippen molar-refractivity contribution < 1.29 is 9.47 Å². The fraction of sp³-hybridized carbons (Fsp3) is 0.737. The zero-order chi connectivity index (χ0) is 17.6. The Morgan fingerprint density at radius 3 is 2.96 bits per heavy atom. The summed E-state index contributed by atoms with van der Waals surface area (Å²) in [6, 6.07) is 4.09. The summed E-state index contributed by atoms with van der Waals surface area (Å²) in [4.78, 5) is 11.6. The Hall–Kier alpha value is -1.21. The Bertz CT molecular complexity index is 540. The van der Waals surface area contributed by atoms with Crippen LogP contribution in [-0.4, -0.2) is 92.9 Å². The Kier molecular flexibility index (Phi) is 6.64. The van der Waals surface area contributed by atoms with E-state index < -0.39 is 0 Å². The highest BCUT2D eigenvalue weighted by Gasteiger charge is 2.33. The Morgan fingerprint density at radius 2 is 2.16 bits per heavy atom. The lowest BCUT2D eigenvalue weighted by atomic mass is 9.93. The van der Waals surface area contributed by atoms with Gasteiger partial charge in [-0.2, -0.15) is 0 Å². The maximum absolute atomic E-state index is 6.22. The second-order valence-corrected chi connectivity index (χ2v) is 7.47. The van der Waals surface area contributed by atoms with E-state index in [9.17, 15) is 0 Å². The lowest BCUT2D eigenvalue weighted by Crippen LogP contribution is -2.47. The minimum atomic E-state index is 0.348. The van der Waals surface area contributed by atoms with Gasteiger partial charge in [-0.1, -0.05) is 6.07 Å². The summed E-state index contributed by atoms with van der Waals surface area (Å²) in [5.41, 5.74) is 1.16. The van der Waals surface area contributed by atoms with Crippen molar-refractivity contribution >= 4 is 0 Å². The summed E-state index contributed by atoms with van der Waals surface area (Å²) < 4.78 is 11.6. The number of rotatable bonds is 6. The van der Waals surface area contributed by atoms with Crippen LogP contribution in [-0.2, 0) is 11.3 Å². The highest BCUT2D eigenvalue weighted by molar-refractivity contribution is 5.25. The molecule has 0 saturated carbocycles. The molecule has 2 aliphatic heterocycles. The lowest BCUT2D eigenvalue weighted by molar-refractivity contribution is -0.0243. The van der Waals surface area contributed by atoms with Gasteiger partial charge < -0.3 is 14.4 Å². The molecule has 2 atom stereocenters. The van der Waals surface area contributed by atoms with Gasteiger partial charge in [0.25, 0.3) is 0 Å². The smallest absolute Gasteiger partial charge is 0.217 e. The van der Waals surface area contributed by atoms with Gasteiger partial charge in [-0.3, -0.25) is 9.80 Å². The molecule has 1 aromatic heterocycles. The van der Waals surface area contributed by atoms with Gasteiger partial charge in [-0.05, 0) is 33.1 Å². The van der Waals surface area contributed by atoms with E-state index in [4.69, 9.17) is 9.47 Å². The summed E-state index contributed by atoms with van der Waals surface area (Å²) in [5.74, 6) is 1.39. The van der Waals surface area contributed by atoms with E-state index in [1.807, 2.05) is 6.07 Å². The maximum atomic E-state index is 6.22. The van der Waals surface area contributed by atoms with Gasteiger partial charge in [0, 0.05) is 56.9 Å². The molecule has 0 amide bonds. The van der Waals surface area contributed by atoms with Gasteiger partial charge in [0.2, 0.25) is 5.88 Å². The van der Waals surface area contributed by atoms with Crippen LogP contribution in [0.2, 0.25) is 0 Å². The number of nitrogens with zero attached hydrogens (tertiary/aromatic N) is 4. The quantitative estimate of drug-likeness (QED) is 0.769. The third kappa shape index (κ3) is 5.14. The van der Waals surface area contributed by atoms with E-state index in [1.54, 1.807) is 13.3 Å². The Balaban J connectivity index is 1.55. The number of aromatic nitrogens is 1. The second-order valence-electron chi connectivity index (χ2n) is 7.47. The molecular weight excluding hydrogens is 316 g/mol. The Labute approximate surface area is 151 Å². The number of hydrogen-bond acceptors (Lipinski definition) is 6. The van der Waals surface area contributed by atoms with Crippen molar-refractivity contribution in [1.82, 2.24) is 19.7 Å². The summed E-state index contributed by atoms with van der Waals surface area (Å²) in [6.07, 6.45) is 3.33. The zero-order valence-electron chi connectivity index (χ0n) is 15.9. The normalized spacial score (nSPS) is 25.6. The van der Waals surface area contributed by atoms with Gasteiger partial charge >= 0.3 is 0 Å². The van der Waals surface area contributed by atoms with E-state index in [0.29, 0.717) is 12.0 Å². The molecule has 0 spiro atoms. The minimum Gasteiger partial charge on any atom is -0.481 e. The van der Waals surface area contributed by atoms with Crippen molar-refractivity contribution in [1.29, 1.82) is 0 Å². The molecule has 3 rings (SSSR count). The molecule has 0 bridgehead atoms. The molecule has 2 aliphatic rings. The summed E-state index contributed by atoms with van der Waals surface area (Å²) in [7, 11) is 5.97. The van der Waals surface area contributed by atoms with Gasteiger partial charge in [0.1, 0.15) is 0 Å². The van der Waals surface area contributed by atoms with E-state index in [-0.39, 0.29) is 0 Å². The van der Waals surface area contributed by atoms with Crippen molar-refractivity contribution in [3.05, 3.63) is 23.9 Å². The second kappa shape index (κ2) is 8.94. The van der Waals surface area contributed by atoms with Gasteiger partial charge in [0.05, 0.1) is 19.8 Å². The molecule has 6 nitrogen and oxygen atoms in total. The predicted octanol–water partition coefficient (Wildman–Crippen LogP) is 1.17. The predicted molar refractivity (Wildman–Crippen MR) is 98.9 cm³/mol. The average molecular weight is 348 g/mol. The number of pyridine rings is 1. The molecule has 0 N–H and O–H groups in total. The minimum absolute atomic E-state index is 0.348. The van der Waals surface area contributed by atoms with Crippen LogP contribution in [0.25, 0.3) is 0 Å². The summed E-state index contributed by atoms with van der Waals surface area (Å²) in [5, 5.41) is 0. The van der Waals surface area contributed by atoms with Gasteiger partial charge in [-0.15, -0.1) is 0 Å². The molecule has 2 saturated heterocycles. The SMILES string of the molecule is COc1ncccc1CN1CC[C@H]2CN(CCN(C)C)CCO[C@H]2C1. The number of likely N-dealkylation sites (N-methyl/N-ethyl adjacent to an activating group) is 1. The van der Waals surface area contributed by atoms with Crippen LogP contribution in [0.15, 0.2) is 18.3 Å². The van der Waals surface area contributed by atoms with Crippen LogP contribution < -0.4 is 4.74 Å². The summed E-state index contributed by atoms with van der Waals surface area (Å²) in [6.45, 7) is 8.32. The fourth-order valence-corrected chi connectivity index (χ4v) is 3.84. The molecule has 0 aromatic carbocycles. The molecule has 3 heterocycles. The van der Waals surface area contributed by atoms with Crippen LogP contribution in [0.5, 0.6) is 5.88 Å². The first kappa shape index (κ1) is 18.6. The fourth-order valence-electron chi connectivity index (χ4n) is 3.84. The number of piperidine rings is 1. The number of hydrogen-bond donors (Lipinski definition) is 0. The molecule has 140 valence electrons. The number of methoxy groups -OCH3 is 1. The van der Waals surface area contributed by atoms with Crippen molar-refractivity contribution in [3.63, 3.8) is 0 Å². The van der Waals surface area contributed by atoms with Crippen molar-refractivity contribution in [3.8, 4) is 5.88 Å². The topological polar surface area (TPSA) is 41.1 Å². The van der Waals surface area contributed by atoms with Gasteiger partial charge in [0.15, 0.2) is 0 Å². The van der Waals surface area contributed by atoms with Crippen LogP contribution in [0.4, 0.5) is 0 Å². The van der Waals surface area contributed by atoms with E-state index in [2.05, 4.69) is 39.8 Å².